The van der Waals surface area contributed by atoms with Gasteiger partial charge < -0.3 is 10.1 Å². The van der Waals surface area contributed by atoms with Gasteiger partial charge in [-0.25, -0.2) is 0 Å². The molecule has 0 radical (unpaired) electrons. The molecule has 2 aliphatic heterocycles. The van der Waals surface area contributed by atoms with Crippen LogP contribution in [0.2, 0.25) is 0 Å². The Balaban J connectivity index is 0.00000112. The number of alkyl halides is 1. The third kappa shape index (κ3) is 4.45. The molecule has 2 aliphatic rings. The molecule has 90 valence electrons. The topological polar surface area (TPSA) is 33.3 Å². The number of halogens is 2. The van der Waals surface area contributed by atoms with Gasteiger partial charge in [-0.05, 0) is 38.8 Å². The second-order valence-electron chi connectivity index (χ2n) is 4.16. The summed E-state index contributed by atoms with van der Waals surface area (Å²) in [7, 11) is 0. The molecule has 2 fully saturated rings. The smallest absolute Gasteiger partial charge is 0.108 e. The molecule has 2 saturated heterocycles. The lowest BCUT2D eigenvalue weighted by molar-refractivity contribution is -0.0534. The van der Waals surface area contributed by atoms with Gasteiger partial charge in [0.2, 0.25) is 0 Å². The lowest BCUT2D eigenvalue weighted by Gasteiger charge is -2.32. The van der Waals surface area contributed by atoms with Crippen molar-refractivity contribution in [2.45, 2.75) is 43.4 Å². The highest BCUT2D eigenvalue weighted by Crippen LogP contribution is 2.17. The van der Waals surface area contributed by atoms with Crippen molar-refractivity contribution >= 4 is 24.0 Å². The third-order valence-electron chi connectivity index (χ3n) is 2.95. The summed E-state index contributed by atoms with van der Waals surface area (Å²) in [5.74, 6) is 0. The van der Waals surface area contributed by atoms with Crippen molar-refractivity contribution in [3.8, 4) is 0 Å². The minimum atomic E-state index is 0. The maximum absolute atomic E-state index is 6.00. The van der Waals surface area contributed by atoms with Crippen LogP contribution in [0.5, 0.6) is 0 Å². The number of rotatable bonds is 2. The lowest BCUT2D eigenvalue weighted by Crippen LogP contribution is -2.45. The van der Waals surface area contributed by atoms with Crippen LogP contribution in [0.15, 0.2) is 0 Å². The van der Waals surface area contributed by atoms with Gasteiger partial charge in [0.05, 0.1) is 6.10 Å². The molecule has 2 unspecified atom stereocenters. The van der Waals surface area contributed by atoms with E-state index in [4.69, 9.17) is 16.3 Å². The van der Waals surface area contributed by atoms with Crippen LogP contribution in [-0.4, -0.2) is 37.3 Å². The molecule has 2 heterocycles. The summed E-state index contributed by atoms with van der Waals surface area (Å²) in [6, 6.07) is 0. The fraction of sp³-hybridized carbons (Fsp3) is 1.00. The van der Waals surface area contributed by atoms with Crippen molar-refractivity contribution in [2.24, 2.45) is 0 Å². The molecule has 2 atom stereocenters. The van der Waals surface area contributed by atoms with Crippen LogP contribution in [0.3, 0.4) is 0 Å². The Morgan fingerprint density at radius 3 is 2.40 bits per heavy atom. The average Bonchev–Trinajstić information content (AvgIpc) is 2.23. The van der Waals surface area contributed by atoms with Crippen LogP contribution in [-0.2, 0) is 4.74 Å². The summed E-state index contributed by atoms with van der Waals surface area (Å²) >= 11 is 6.00. The van der Waals surface area contributed by atoms with E-state index in [1.54, 1.807) is 0 Å². The molecule has 5 heteroatoms. The lowest BCUT2D eigenvalue weighted by atomic mass is 10.1. The monoisotopic (exact) mass is 254 g/mol. The maximum Gasteiger partial charge on any atom is 0.108 e. The van der Waals surface area contributed by atoms with Crippen LogP contribution in [0.1, 0.15) is 25.7 Å². The van der Waals surface area contributed by atoms with Crippen molar-refractivity contribution in [1.29, 1.82) is 0 Å². The number of piperidine rings is 2. The zero-order chi connectivity index (χ0) is 9.80. The van der Waals surface area contributed by atoms with Crippen LogP contribution < -0.4 is 10.6 Å². The highest BCUT2D eigenvalue weighted by molar-refractivity contribution is 6.20. The summed E-state index contributed by atoms with van der Waals surface area (Å²) in [4.78, 5) is 0. The van der Waals surface area contributed by atoms with E-state index in [1.165, 1.54) is 0 Å². The van der Waals surface area contributed by atoms with E-state index in [2.05, 4.69) is 10.6 Å². The van der Waals surface area contributed by atoms with Crippen molar-refractivity contribution in [2.75, 3.05) is 19.6 Å². The van der Waals surface area contributed by atoms with E-state index in [0.717, 1.165) is 45.3 Å². The van der Waals surface area contributed by atoms with Gasteiger partial charge in [0, 0.05) is 11.9 Å². The van der Waals surface area contributed by atoms with Gasteiger partial charge in [-0.1, -0.05) is 0 Å². The van der Waals surface area contributed by atoms with Crippen LogP contribution >= 0.6 is 24.0 Å². The fourth-order valence-electron chi connectivity index (χ4n) is 2.08. The van der Waals surface area contributed by atoms with E-state index in [1.807, 2.05) is 0 Å². The quantitative estimate of drug-likeness (QED) is 0.733. The number of hydrogen-bond acceptors (Lipinski definition) is 3. The standard InChI is InChI=1S/C10H19ClN2O.ClH/c11-8-1-2-10(13-7-8)14-9-3-5-12-6-4-9;/h8-10,12-13H,1-7H2;1H. The van der Waals surface area contributed by atoms with Gasteiger partial charge in [-0.3, -0.25) is 5.32 Å². The summed E-state index contributed by atoms with van der Waals surface area (Å²) < 4.78 is 5.97. The average molecular weight is 255 g/mol. The van der Waals surface area contributed by atoms with Gasteiger partial charge in [0.1, 0.15) is 6.23 Å². The second-order valence-corrected chi connectivity index (χ2v) is 4.77. The predicted octanol–water partition coefficient (Wildman–Crippen LogP) is 1.49. The zero-order valence-corrected chi connectivity index (χ0v) is 10.4. The first-order chi connectivity index (χ1) is 6.84. The normalized spacial score (nSPS) is 33.4. The number of ether oxygens (including phenoxy) is 1. The minimum Gasteiger partial charge on any atom is -0.360 e. The molecule has 0 aromatic heterocycles. The highest BCUT2D eigenvalue weighted by Gasteiger charge is 2.23. The Bertz CT molecular complexity index is 169. The predicted molar refractivity (Wildman–Crippen MR) is 64.9 cm³/mol. The van der Waals surface area contributed by atoms with E-state index in [0.29, 0.717) is 11.5 Å². The minimum absolute atomic E-state index is 0. The zero-order valence-electron chi connectivity index (χ0n) is 8.88. The molecule has 0 aromatic carbocycles. The molecule has 15 heavy (non-hydrogen) atoms. The van der Waals surface area contributed by atoms with Crippen molar-refractivity contribution in [1.82, 2.24) is 10.6 Å². The highest BCUT2D eigenvalue weighted by atomic mass is 35.5. The molecule has 0 spiro atoms. The second kappa shape index (κ2) is 6.92. The summed E-state index contributed by atoms with van der Waals surface area (Å²) in [6.07, 6.45) is 5.10. The Kier molecular flexibility index (Phi) is 6.24. The van der Waals surface area contributed by atoms with Gasteiger partial charge in [-0.2, -0.15) is 0 Å². The molecule has 0 saturated carbocycles. The van der Waals surface area contributed by atoms with Gasteiger partial charge >= 0.3 is 0 Å². The summed E-state index contributed by atoms with van der Waals surface area (Å²) in [6.45, 7) is 3.07. The van der Waals surface area contributed by atoms with Crippen molar-refractivity contribution < 1.29 is 4.74 Å². The molecule has 2 N–H and O–H groups in total. The van der Waals surface area contributed by atoms with Crippen molar-refractivity contribution in [3.05, 3.63) is 0 Å². The Labute approximate surface area is 103 Å². The van der Waals surface area contributed by atoms with E-state index >= 15 is 0 Å². The maximum atomic E-state index is 6.00. The fourth-order valence-corrected chi connectivity index (χ4v) is 2.29. The molecule has 0 amide bonds. The van der Waals surface area contributed by atoms with Crippen LogP contribution in [0.25, 0.3) is 0 Å². The Morgan fingerprint density at radius 1 is 1.07 bits per heavy atom. The molecular weight excluding hydrogens is 235 g/mol. The number of nitrogens with one attached hydrogen (secondary N) is 2. The first kappa shape index (κ1) is 13.5. The molecule has 0 bridgehead atoms. The van der Waals surface area contributed by atoms with Crippen LogP contribution in [0.4, 0.5) is 0 Å². The van der Waals surface area contributed by atoms with Crippen molar-refractivity contribution in [3.63, 3.8) is 0 Å². The first-order valence-corrected chi connectivity index (χ1v) is 6.02. The molecule has 0 aromatic rings. The summed E-state index contributed by atoms with van der Waals surface area (Å²) in [5.41, 5.74) is 0. The van der Waals surface area contributed by atoms with Gasteiger partial charge in [0.15, 0.2) is 0 Å². The SMILES string of the molecule is Cl.ClC1CCC(OC2CCNCC2)NC1. The third-order valence-corrected chi connectivity index (χ3v) is 3.32. The number of hydrogen-bond donors (Lipinski definition) is 2. The van der Waals surface area contributed by atoms with E-state index < -0.39 is 0 Å². The molecular formula is C10H20Cl2N2O. The van der Waals surface area contributed by atoms with Gasteiger partial charge in [0.25, 0.3) is 0 Å². The van der Waals surface area contributed by atoms with Gasteiger partial charge in [-0.15, -0.1) is 24.0 Å². The Hall–Kier alpha value is 0.460. The first-order valence-electron chi connectivity index (χ1n) is 5.58. The Morgan fingerprint density at radius 2 is 1.80 bits per heavy atom. The molecule has 3 nitrogen and oxygen atoms in total. The van der Waals surface area contributed by atoms with E-state index in [-0.39, 0.29) is 18.6 Å². The van der Waals surface area contributed by atoms with Crippen LogP contribution in [0, 0.1) is 0 Å². The largest absolute Gasteiger partial charge is 0.360 e. The molecule has 0 aliphatic carbocycles. The molecule has 2 rings (SSSR count). The summed E-state index contributed by atoms with van der Waals surface area (Å²) in [5, 5.41) is 6.97. The van der Waals surface area contributed by atoms with E-state index in [9.17, 15) is 0 Å².